The Morgan fingerprint density at radius 3 is 2.80 bits per heavy atom. The molecule has 1 unspecified atom stereocenters. The fourth-order valence-electron chi connectivity index (χ4n) is 1.42. The summed E-state index contributed by atoms with van der Waals surface area (Å²) >= 11 is 0. The van der Waals surface area contributed by atoms with Crippen LogP contribution < -0.4 is 11.1 Å². The summed E-state index contributed by atoms with van der Waals surface area (Å²) in [4.78, 5) is 0. The number of aromatic nitrogens is 3. The summed E-state index contributed by atoms with van der Waals surface area (Å²) in [6.07, 6.45) is 3.56. The summed E-state index contributed by atoms with van der Waals surface area (Å²) in [5.41, 5.74) is 5.68. The maximum atomic E-state index is 5.68. The Morgan fingerprint density at radius 2 is 2.27 bits per heavy atom. The van der Waals surface area contributed by atoms with Gasteiger partial charge in [-0.05, 0) is 24.9 Å². The minimum Gasteiger partial charge on any atom is -0.330 e. The van der Waals surface area contributed by atoms with Gasteiger partial charge >= 0.3 is 0 Å². The molecule has 0 saturated heterocycles. The standard InChI is InChI=1S/C10H21N5/c1-9(2)10(7-11)8-12-3-5-15-6-4-13-14-15/h4,6,9-10,12H,3,5,7-8,11H2,1-2H3. The van der Waals surface area contributed by atoms with Crippen LogP contribution in [-0.4, -0.2) is 34.6 Å². The molecule has 86 valence electrons. The van der Waals surface area contributed by atoms with Crippen molar-refractivity contribution in [2.45, 2.75) is 20.4 Å². The SMILES string of the molecule is CC(C)C(CN)CNCCn1ccnn1. The van der Waals surface area contributed by atoms with Crippen LogP contribution in [0.3, 0.4) is 0 Å². The Labute approximate surface area is 91.0 Å². The lowest BCUT2D eigenvalue weighted by Gasteiger charge is -2.19. The van der Waals surface area contributed by atoms with Gasteiger partial charge in [0.25, 0.3) is 0 Å². The maximum Gasteiger partial charge on any atom is 0.0692 e. The van der Waals surface area contributed by atoms with E-state index in [-0.39, 0.29) is 0 Å². The van der Waals surface area contributed by atoms with Crippen molar-refractivity contribution in [3.63, 3.8) is 0 Å². The molecule has 1 atom stereocenters. The average molecular weight is 211 g/mol. The van der Waals surface area contributed by atoms with Crippen LogP contribution >= 0.6 is 0 Å². The number of rotatable bonds is 7. The van der Waals surface area contributed by atoms with E-state index in [1.165, 1.54) is 0 Å². The number of nitrogens with zero attached hydrogens (tertiary/aromatic N) is 3. The Bertz CT molecular complexity index is 244. The zero-order valence-corrected chi connectivity index (χ0v) is 9.56. The highest BCUT2D eigenvalue weighted by Gasteiger charge is 2.09. The third kappa shape index (κ3) is 4.40. The van der Waals surface area contributed by atoms with Crippen molar-refractivity contribution >= 4 is 0 Å². The van der Waals surface area contributed by atoms with Gasteiger partial charge in [0.15, 0.2) is 0 Å². The van der Waals surface area contributed by atoms with E-state index in [4.69, 9.17) is 5.73 Å². The van der Waals surface area contributed by atoms with Gasteiger partial charge in [0.1, 0.15) is 0 Å². The van der Waals surface area contributed by atoms with Gasteiger partial charge in [-0.3, -0.25) is 4.68 Å². The fourth-order valence-corrected chi connectivity index (χ4v) is 1.42. The van der Waals surface area contributed by atoms with E-state index in [2.05, 4.69) is 29.5 Å². The molecule has 1 aromatic heterocycles. The summed E-state index contributed by atoms with van der Waals surface area (Å²) in [5.74, 6) is 1.19. The van der Waals surface area contributed by atoms with Crippen LogP contribution in [0.25, 0.3) is 0 Å². The second kappa shape index (κ2) is 6.53. The molecular formula is C10H21N5. The molecule has 3 N–H and O–H groups in total. The average Bonchev–Trinajstić information content (AvgIpc) is 2.70. The van der Waals surface area contributed by atoms with Crippen molar-refractivity contribution in [1.82, 2.24) is 20.3 Å². The Kier molecular flexibility index (Phi) is 5.28. The molecule has 0 aliphatic heterocycles. The number of nitrogens with one attached hydrogen (secondary N) is 1. The van der Waals surface area contributed by atoms with Gasteiger partial charge in [-0.15, -0.1) is 5.10 Å². The Hall–Kier alpha value is -0.940. The molecule has 0 saturated carbocycles. The first-order valence-electron chi connectivity index (χ1n) is 5.49. The number of hydrogen-bond donors (Lipinski definition) is 2. The van der Waals surface area contributed by atoms with Gasteiger partial charge in [0.2, 0.25) is 0 Å². The molecule has 0 spiro atoms. The third-order valence-corrected chi connectivity index (χ3v) is 2.64. The summed E-state index contributed by atoms with van der Waals surface area (Å²) in [5, 5.41) is 11.0. The maximum absolute atomic E-state index is 5.68. The lowest BCUT2D eigenvalue weighted by atomic mass is 9.96. The molecular weight excluding hydrogens is 190 g/mol. The molecule has 0 radical (unpaired) electrons. The highest BCUT2D eigenvalue weighted by Crippen LogP contribution is 2.06. The van der Waals surface area contributed by atoms with E-state index in [9.17, 15) is 0 Å². The highest BCUT2D eigenvalue weighted by molar-refractivity contribution is 4.68. The van der Waals surface area contributed by atoms with Gasteiger partial charge in [-0.2, -0.15) is 0 Å². The Balaban J connectivity index is 2.10. The lowest BCUT2D eigenvalue weighted by Crippen LogP contribution is -2.33. The molecule has 0 aliphatic carbocycles. The molecule has 1 rings (SSSR count). The molecule has 0 aliphatic rings. The first kappa shape index (κ1) is 12.1. The predicted octanol–water partition coefficient (Wildman–Crippen LogP) is 0.0986. The zero-order valence-electron chi connectivity index (χ0n) is 9.56. The molecule has 0 bridgehead atoms. The van der Waals surface area contributed by atoms with Gasteiger partial charge in [0, 0.05) is 12.7 Å². The molecule has 1 heterocycles. The molecule has 15 heavy (non-hydrogen) atoms. The second-order valence-corrected chi connectivity index (χ2v) is 4.11. The first-order chi connectivity index (χ1) is 7.24. The van der Waals surface area contributed by atoms with Crippen LogP contribution in [0.5, 0.6) is 0 Å². The quantitative estimate of drug-likeness (QED) is 0.628. The second-order valence-electron chi connectivity index (χ2n) is 4.11. The van der Waals surface area contributed by atoms with Gasteiger partial charge in [-0.25, -0.2) is 0 Å². The smallest absolute Gasteiger partial charge is 0.0692 e. The van der Waals surface area contributed by atoms with Crippen LogP contribution in [0, 0.1) is 11.8 Å². The van der Waals surface area contributed by atoms with Crippen molar-refractivity contribution in [3.05, 3.63) is 12.4 Å². The van der Waals surface area contributed by atoms with Crippen LogP contribution in [0.15, 0.2) is 12.4 Å². The minimum atomic E-state index is 0.556. The molecule has 0 amide bonds. The summed E-state index contributed by atoms with van der Waals surface area (Å²) in [6, 6.07) is 0. The van der Waals surface area contributed by atoms with Crippen LogP contribution in [0.1, 0.15) is 13.8 Å². The highest BCUT2D eigenvalue weighted by atomic mass is 15.4. The van der Waals surface area contributed by atoms with Crippen molar-refractivity contribution in [2.75, 3.05) is 19.6 Å². The van der Waals surface area contributed by atoms with Gasteiger partial charge in [0.05, 0.1) is 12.7 Å². The van der Waals surface area contributed by atoms with Crippen molar-refractivity contribution in [1.29, 1.82) is 0 Å². The molecule has 0 fully saturated rings. The van der Waals surface area contributed by atoms with E-state index in [0.29, 0.717) is 11.8 Å². The topological polar surface area (TPSA) is 68.8 Å². The van der Waals surface area contributed by atoms with E-state index >= 15 is 0 Å². The van der Waals surface area contributed by atoms with E-state index < -0.39 is 0 Å². The van der Waals surface area contributed by atoms with E-state index in [1.54, 1.807) is 6.20 Å². The van der Waals surface area contributed by atoms with Crippen LogP contribution in [-0.2, 0) is 6.54 Å². The Morgan fingerprint density at radius 1 is 1.47 bits per heavy atom. The van der Waals surface area contributed by atoms with Crippen LogP contribution in [0.4, 0.5) is 0 Å². The summed E-state index contributed by atoms with van der Waals surface area (Å²) in [7, 11) is 0. The minimum absolute atomic E-state index is 0.556. The van der Waals surface area contributed by atoms with Crippen LogP contribution in [0.2, 0.25) is 0 Å². The number of hydrogen-bond acceptors (Lipinski definition) is 4. The monoisotopic (exact) mass is 211 g/mol. The van der Waals surface area contributed by atoms with E-state index in [0.717, 1.165) is 26.2 Å². The first-order valence-corrected chi connectivity index (χ1v) is 5.49. The largest absolute Gasteiger partial charge is 0.330 e. The summed E-state index contributed by atoms with van der Waals surface area (Å²) in [6.45, 7) is 7.89. The normalized spacial score (nSPS) is 13.3. The molecule has 5 heteroatoms. The number of nitrogens with two attached hydrogens (primary N) is 1. The van der Waals surface area contributed by atoms with Gasteiger partial charge < -0.3 is 11.1 Å². The van der Waals surface area contributed by atoms with Gasteiger partial charge in [-0.1, -0.05) is 19.1 Å². The van der Waals surface area contributed by atoms with E-state index in [1.807, 2.05) is 10.9 Å². The molecule has 0 aromatic carbocycles. The van der Waals surface area contributed by atoms with Crippen molar-refractivity contribution in [2.24, 2.45) is 17.6 Å². The third-order valence-electron chi connectivity index (χ3n) is 2.64. The summed E-state index contributed by atoms with van der Waals surface area (Å²) < 4.78 is 1.82. The molecule has 1 aromatic rings. The zero-order chi connectivity index (χ0) is 11.1. The molecule has 5 nitrogen and oxygen atoms in total. The predicted molar refractivity (Wildman–Crippen MR) is 60.3 cm³/mol. The fraction of sp³-hybridized carbons (Fsp3) is 0.800. The van der Waals surface area contributed by atoms with Crippen molar-refractivity contribution < 1.29 is 0 Å². The van der Waals surface area contributed by atoms with Crippen molar-refractivity contribution in [3.8, 4) is 0 Å². The lowest BCUT2D eigenvalue weighted by molar-refractivity contribution is 0.366.